The maximum Gasteiger partial charge on any atom is 0.337 e. The van der Waals surface area contributed by atoms with E-state index in [0.29, 0.717) is 10.8 Å². The molecule has 0 aliphatic carbocycles. The molecule has 0 aliphatic rings. The van der Waals surface area contributed by atoms with Gasteiger partial charge in [0.15, 0.2) is 0 Å². The van der Waals surface area contributed by atoms with Gasteiger partial charge in [0, 0.05) is 11.2 Å². The van der Waals surface area contributed by atoms with Crippen molar-refractivity contribution in [3.63, 3.8) is 0 Å². The molecule has 4 nitrogen and oxygen atoms in total. The number of carboxylic acid groups (broad SMARTS) is 1. The summed E-state index contributed by atoms with van der Waals surface area (Å²) in [4.78, 5) is 14.9. The zero-order chi connectivity index (χ0) is 14.0. The monoisotopic (exact) mass is 297 g/mol. The fourth-order valence-corrected chi connectivity index (χ4v) is 1.84. The second kappa shape index (κ2) is 5.47. The molecule has 2 aromatic rings. The standard InChI is InChI=1S/C13H9Cl2NO3/c1-7-2-3-8(14)6-10(7)19-12-11(15)9(13(17)18)4-5-16-12/h2-6H,1H3,(H,17,18). The molecule has 2 rings (SSSR count). The quantitative estimate of drug-likeness (QED) is 0.923. The highest BCUT2D eigenvalue weighted by molar-refractivity contribution is 6.34. The van der Waals surface area contributed by atoms with Gasteiger partial charge in [-0.15, -0.1) is 0 Å². The minimum Gasteiger partial charge on any atom is -0.478 e. The molecule has 0 bridgehead atoms. The minimum absolute atomic E-state index is 0.0342. The molecule has 0 unspecified atom stereocenters. The number of hydrogen-bond donors (Lipinski definition) is 1. The molecule has 0 saturated carbocycles. The summed E-state index contributed by atoms with van der Waals surface area (Å²) in [7, 11) is 0. The first kappa shape index (κ1) is 13.6. The van der Waals surface area contributed by atoms with Crippen LogP contribution in [0.4, 0.5) is 0 Å². The van der Waals surface area contributed by atoms with Crippen LogP contribution in [-0.4, -0.2) is 16.1 Å². The second-order valence-electron chi connectivity index (χ2n) is 3.79. The van der Waals surface area contributed by atoms with Crippen molar-refractivity contribution in [3.8, 4) is 11.6 Å². The third-order valence-corrected chi connectivity index (χ3v) is 3.04. The Labute approximate surface area is 119 Å². The lowest BCUT2D eigenvalue weighted by atomic mass is 10.2. The smallest absolute Gasteiger partial charge is 0.337 e. The molecule has 0 amide bonds. The third-order valence-electron chi connectivity index (χ3n) is 2.44. The molecule has 1 aromatic carbocycles. The molecular weight excluding hydrogens is 289 g/mol. The number of halogens is 2. The van der Waals surface area contributed by atoms with Crippen LogP contribution in [0.3, 0.4) is 0 Å². The van der Waals surface area contributed by atoms with Crippen LogP contribution in [0.5, 0.6) is 11.6 Å². The first-order chi connectivity index (χ1) is 8.99. The maximum atomic E-state index is 11.0. The molecule has 0 fully saturated rings. The third kappa shape index (κ3) is 2.97. The van der Waals surface area contributed by atoms with Crippen molar-refractivity contribution >= 4 is 29.2 Å². The Morgan fingerprint density at radius 3 is 2.74 bits per heavy atom. The number of hydrogen-bond acceptors (Lipinski definition) is 3. The Morgan fingerprint density at radius 1 is 1.32 bits per heavy atom. The Hall–Kier alpha value is -1.78. The minimum atomic E-state index is -1.14. The molecule has 0 atom stereocenters. The average Bonchev–Trinajstić information content (AvgIpc) is 2.36. The van der Waals surface area contributed by atoms with Gasteiger partial charge in [-0.1, -0.05) is 29.3 Å². The van der Waals surface area contributed by atoms with Crippen LogP contribution in [0.25, 0.3) is 0 Å². The summed E-state index contributed by atoms with van der Waals surface area (Å²) in [6.45, 7) is 1.83. The van der Waals surface area contributed by atoms with E-state index in [1.54, 1.807) is 18.2 Å². The van der Waals surface area contributed by atoms with Gasteiger partial charge in [-0.2, -0.15) is 0 Å². The van der Waals surface area contributed by atoms with Gasteiger partial charge in [0.1, 0.15) is 10.8 Å². The second-order valence-corrected chi connectivity index (χ2v) is 4.61. The average molecular weight is 298 g/mol. The van der Waals surface area contributed by atoms with E-state index in [0.717, 1.165) is 5.56 Å². The van der Waals surface area contributed by atoms with Crippen molar-refractivity contribution in [3.05, 3.63) is 51.6 Å². The van der Waals surface area contributed by atoms with Gasteiger partial charge in [-0.3, -0.25) is 0 Å². The van der Waals surface area contributed by atoms with Crippen molar-refractivity contribution in [1.82, 2.24) is 4.98 Å². The molecule has 0 aliphatic heterocycles. The van der Waals surface area contributed by atoms with Crippen LogP contribution < -0.4 is 4.74 Å². The zero-order valence-electron chi connectivity index (χ0n) is 9.85. The van der Waals surface area contributed by atoms with Gasteiger partial charge < -0.3 is 9.84 Å². The Balaban J connectivity index is 2.41. The Bertz CT molecular complexity index is 644. The van der Waals surface area contributed by atoms with E-state index in [4.69, 9.17) is 33.0 Å². The lowest BCUT2D eigenvalue weighted by Gasteiger charge is -2.10. The molecule has 1 heterocycles. The molecule has 0 spiro atoms. The highest BCUT2D eigenvalue weighted by Crippen LogP contribution is 2.32. The predicted molar refractivity (Wildman–Crippen MR) is 72.5 cm³/mol. The number of benzene rings is 1. The van der Waals surface area contributed by atoms with E-state index in [9.17, 15) is 4.79 Å². The number of carboxylic acids is 1. The molecule has 1 aromatic heterocycles. The summed E-state index contributed by atoms with van der Waals surface area (Å²) in [5, 5.41) is 9.42. The number of ether oxygens (including phenoxy) is 1. The summed E-state index contributed by atoms with van der Waals surface area (Å²) in [5.41, 5.74) is 0.773. The van der Waals surface area contributed by atoms with Gasteiger partial charge >= 0.3 is 5.97 Å². The van der Waals surface area contributed by atoms with E-state index < -0.39 is 5.97 Å². The van der Waals surface area contributed by atoms with E-state index in [1.165, 1.54) is 12.3 Å². The molecule has 1 N–H and O–H groups in total. The molecule has 0 saturated heterocycles. The van der Waals surface area contributed by atoms with E-state index in [1.807, 2.05) is 6.92 Å². The van der Waals surface area contributed by atoms with E-state index >= 15 is 0 Å². The van der Waals surface area contributed by atoms with Gasteiger partial charge in [0.25, 0.3) is 0 Å². The number of nitrogens with zero attached hydrogens (tertiary/aromatic N) is 1. The van der Waals surface area contributed by atoms with Crippen molar-refractivity contribution in [2.45, 2.75) is 6.92 Å². The van der Waals surface area contributed by atoms with Crippen LogP contribution in [0, 0.1) is 6.92 Å². The topological polar surface area (TPSA) is 59.4 Å². The van der Waals surface area contributed by atoms with Crippen molar-refractivity contribution in [2.24, 2.45) is 0 Å². The van der Waals surface area contributed by atoms with Gasteiger partial charge in [-0.05, 0) is 30.7 Å². The van der Waals surface area contributed by atoms with Gasteiger partial charge in [-0.25, -0.2) is 9.78 Å². The molecule has 0 radical (unpaired) electrons. The van der Waals surface area contributed by atoms with Gasteiger partial charge in [0.2, 0.25) is 5.88 Å². The largest absolute Gasteiger partial charge is 0.478 e. The maximum absolute atomic E-state index is 11.0. The molecular formula is C13H9Cl2NO3. The fraction of sp³-hybridized carbons (Fsp3) is 0.0769. The van der Waals surface area contributed by atoms with Crippen LogP contribution >= 0.6 is 23.2 Å². The first-order valence-electron chi connectivity index (χ1n) is 5.31. The van der Waals surface area contributed by atoms with E-state index in [2.05, 4.69) is 4.98 Å². The van der Waals surface area contributed by atoms with Gasteiger partial charge in [0.05, 0.1) is 5.56 Å². The van der Waals surface area contributed by atoms with Crippen LogP contribution in [0.2, 0.25) is 10.0 Å². The lowest BCUT2D eigenvalue weighted by Crippen LogP contribution is -2.00. The Morgan fingerprint density at radius 2 is 2.05 bits per heavy atom. The SMILES string of the molecule is Cc1ccc(Cl)cc1Oc1nccc(C(=O)O)c1Cl. The van der Waals surface area contributed by atoms with Crippen LogP contribution in [0.15, 0.2) is 30.5 Å². The summed E-state index contributed by atoms with van der Waals surface area (Å²) < 4.78 is 5.52. The number of aromatic nitrogens is 1. The predicted octanol–water partition coefficient (Wildman–Crippen LogP) is 4.19. The normalized spacial score (nSPS) is 10.3. The van der Waals surface area contributed by atoms with Crippen molar-refractivity contribution < 1.29 is 14.6 Å². The summed E-state index contributed by atoms with van der Waals surface area (Å²) in [6.07, 6.45) is 1.32. The summed E-state index contributed by atoms with van der Waals surface area (Å²) >= 11 is 11.8. The van der Waals surface area contributed by atoms with Crippen molar-refractivity contribution in [1.29, 1.82) is 0 Å². The van der Waals surface area contributed by atoms with Crippen molar-refractivity contribution in [2.75, 3.05) is 0 Å². The van der Waals surface area contributed by atoms with E-state index in [-0.39, 0.29) is 16.5 Å². The Kier molecular flexibility index (Phi) is 3.93. The first-order valence-corrected chi connectivity index (χ1v) is 6.06. The molecule has 19 heavy (non-hydrogen) atoms. The highest BCUT2D eigenvalue weighted by Gasteiger charge is 2.15. The number of pyridine rings is 1. The molecule has 6 heteroatoms. The lowest BCUT2D eigenvalue weighted by molar-refractivity contribution is 0.0696. The fourth-order valence-electron chi connectivity index (χ4n) is 1.45. The highest BCUT2D eigenvalue weighted by atomic mass is 35.5. The summed E-state index contributed by atoms with van der Waals surface area (Å²) in [5.74, 6) is -0.628. The summed E-state index contributed by atoms with van der Waals surface area (Å²) in [6, 6.07) is 6.43. The van der Waals surface area contributed by atoms with Crippen LogP contribution in [0.1, 0.15) is 15.9 Å². The van der Waals surface area contributed by atoms with Crippen LogP contribution in [-0.2, 0) is 0 Å². The number of carbonyl (C=O) groups is 1. The zero-order valence-corrected chi connectivity index (χ0v) is 11.4. The molecule has 98 valence electrons. The number of aryl methyl sites for hydroxylation is 1. The number of aromatic carboxylic acids is 1. The number of rotatable bonds is 3.